The topological polar surface area (TPSA) is 85.8 Å². The maximum atomic E-state index is 15.3. The Bertz CT molecular complexity index is 1630. The summed E-state index contributed by atoms with van der Waals surface area (Å²) in [5.41, 5.74) is -1.57. The van der Waals surface area contributed by atoms with Crippen LogP contribution in [0.25, 0.3) is 0 Å². The van der Waals surface area contributed by atoms with Gasteiger partial charge in [0.05, 0.1) is 30.5 Å². The predicted octanol–water partition coefficient (Wildman–Crippen LogP) is 4.14. The van der Waals surface area contributed by atoms with Gasteiger partial charge >= 0.3 is 6.18 Å². The van der Waals surface area contributed by atoms with Crippen LogP contribution in [0.1, 0.15) is 29.7 Å². The van der Waals surface area contributed by atoms with Crippen molar-refractivity contribution in [2.45, 2.75) is 38.9 Å². The molecule has 5 rings (SSSR count). The van der Waals surface area contributed by atoms with Gasteiger partial charge in [0.2, 0.25) is 5.91 Å². The molecule has 236 valence electrons. The van der Waals surface area contributed by atoms with Crippen LogP contribution in [0.4, 0.5) is 39.3 Å². The van der Waals surface area contributed by atoms with Crippen LogP contribution in [0, 0.1) is 37.3 Å². The van der Waals surface area contributed by atoms with Crippen molar-refractivity contribution in [2.75, 3.05) is 54.0 Å². The molecule has 2 aromatic heterocycles. The second-order valence-corrected chi connectivity index (χ2v) is 10.8. The molecule has 9 nitrogen and oxygen atoms in total. The van der Waals surface area contributed by atoms with Crippen molar-refractivity contribution in [3.63, 3.8) is 0 Å². The number of hydrogen-bond acceptors (Lipinski definition) is 7. The second-order valence-electron chi connectivity index (χ2n) is 10.8. The summed E-state index contributed by atoms with van der Waals surface area (Å²) in [6.45, 7) is 5.45. The van der Waals surface area contributed by atoms with Crippen molar-refractivity contribution in [1.29, 1.82) is 0 Å². The van der Waals surface area contributed by atoms with Crippen LogP contribution < -0.4 is 14.7 Å². The maximum Gasteiger partial charge on any atom is 0.416 e. The maximum absolute atomic E-state index is 15.3. The number of amides is 2. The standard InChI is InChI=1S/C31H30F5N7O2/c1-20-17-22(31(34,35)36)18-26(39-20)43-25(7-8-28(43)44)30(45)42(24-6-5-23(32)21(2)29(24)33)12-4-3-11-40-13-15-41(16-14-40)27-19-37-9-10-38-27/h5-6,9-10,17-19,25H,7-8,11-16H2,1-2H3/t25-/m0/s1. The van der Waals surface area contributed by atoms with Crippen LogP contribution in [-0.4, -0.2) is 77.0 Å². The van der Waals surface area contributed by atoms with Gasteiger partial charge in [0.25, 0.3) is 5.91 Å². The summed E-state index contributed by atoms with van der Waals surface area (Å²) in [6, 6.07) is 2.42. The highest BCUT2D eigenvalue weighted by atomic mass is 19.4. The fourth-order valence-electron chi connectivity index (χ4n) is 5.35. The Labute approximate surface area is 256 Å². The second kappa shape index (κ2) is 13.2. The third kappa shape index (κ3) is 7.04. The molecule has 4 heterocycles. The van der Waals surface area contributed by atoms with Gasteiger partial charge in [-0.15, -0.1) is 0 Å². The van der Waals surface area contributed by atoms with E-state index in [2.05, 4.69) is 36.6 Å². The van der Waals surface area contributed by atoms with Crippen LogP contribution in [0.2, 0.25) is 0 Å². The third-order valence-corrected chi connectivity index (χ3v) is 7.78. The third-order valence-electron chi connectivity index (χ3n) is 7.78. The van der Waals surface area contributed by atoms with E-state index in [0.29, 0.717) is 38.8 Å². The van der Waals surface area contributed by atoms with E-state index in [-0.39, 0.29) is 42.1 Å². The highest BCUT2D eigenvalue weighted by molar-refractivity contribution is 6.08. The number of carbonyl (C=O) groups excluding carboxylic acids is 2. The molecule has 1 aromatic carbocycles. The zero-order valence-electron chi connectivity index (χ0n) is 24.6. The molecule has 0 spiro atoms. The lowest BCUT2D eigenvalue weighted by molar-refractivity contribution is -0.137. The summed E-state index contributed by atoms with van der Waals surface area (Å²) in [4.78, 5) is 45.5. The van der Waals surface area contributed by atoms with E-state index in [1.54, 1.807) is 18.6 Å². The van der Waals surface area contributed by atoms with E-state index in [1.165, 1.54) is 13.8 Å². The first-order chi connectivity index (χ1) is 21.4. The van der Waals surface area contributed by atoms with E-state index in [9.17, 15) is 27.2 Å². The number of anilines is 3. The molecule has 0 saturated carbocycles. The molecule has 1 atom stereocenters. The van der Waals surface area contributed by atoms with Crippen molar-refractivity contribution in [3.05, 3.63) is 71.3 Å². The Balaban J connectivity index is 1.37. The Kier molecular flexibility index (Phi) is 9.29. The van der Waals surface area contributed by atoms with Crippen molar-refractivity contribution in [1.82, 2.24) is 19.9 Å². The minimum Gasteiger partial charge on any atom is -0.353 e. The summed E-state index contributed by atoms with van der Waals surface area (Å²) in [5.74, 6) is 3.20. The van der Waals surface area contributed by atoms with Crippen LogP contribution in [0.3, 0.4) is 0 Å². The summed E-state index contributed by atoms with van der Waals surface area (Å²) >= 11 is 0. The average molecular weight is 628 g/mol. The Hall–Kier alpha value is -4.64. The molecule has 2 aliphatic rings. The van der Waals surface area contributed by atoms with E-state index in [4.69, 9.17) is 0 Å². The first kappa shape index (κ1) is 31.8. The predicted molar refractivity (Wildman–Crippen MR) is 156 cm³/mol. The van der Waals surface area contributed by atoms with Gasteiger partial charge in [0.15, 0.2) is 5.82 Å². The lowest BCUT2D eigenvalue weighted by Crippen LogP contribution is -2.48. The zero-order chi connectivity index (χ0) is 32.3. The molecule has 2 fully saturated rings. The lowest BCUT2D eigenvalue weighted by atomic mass is 10.1. The van der Waals surface area contributed by atoms with Crippen LogP contribution >= 0.6 is 0 Å². The van der Waals surface area contributed by atoms with Crippen molar-refractivity contribution in [3.8, 4) is 11.8 Å². The average Bonchev–Trinajstić information content (AvgIpc) is 3.41. The fourth-order valence-corrected chi connectivity index (χ4v) is 5.35. The number of aryl methyl sites for hydroxylation is 1. The molecule has 0 aliphatic carbocycles. The van der Waals surface area contributed by atoms with Crippen LogP contribution in [0.5, 0.6) is 0 Å². The van der Waals surface area contributed by atoms with E-state index in [0.717, 1.165) is 33.8 Å². The molecular weight excluding hydrogens is 597 g/mol. The molecular formula is C31H30F5N7O2. The number of halogens is 5. The molecule has 14 heteroatoms. The minimum atomic E-state index is -4.70. The molecule has 0 radical (unpaired) electrons. The molecule has 0 unspecified atom stereocenters. The first-order valence-corrected chi connectivity index (χ1v) is 14.3. The number of aromatic nitrogens is 3. The Morgan fingerprint density at radius 3 is 2.49 bits per heavy atom. The number of rotatable bonds is 6. The molecule has 0 bridgehead atoms. The first-order valence-electron chi connectivity index (χ1n) is 14.3. The number of nitrogens with zero attached hydrogens (tertiary/aromatic N) is 7. The lowest BCUT2D eigenvalue weighted by Gasteiger charge is -2.34. The van der Waals surface area contributed by atoms with E-state index in [1.807, 2.05) is 0 Å². The van der Waals surface area contributed by atoms with E-state index >= 15 is 4.39 Å². The molecule has 2 aliphatic heterocycles. The molecule has 3 aromatic rings. The Morgan fingerprint density at radius 1 is 1.04 bits per heavy atom. The minimum absolute atomic E-state index is 0.00572. The fraction of sp³-hybridized carbons (Fsp3) is 0.387. The number of carbonyl (C=O) groups is 2. The van der Waals surface area contributed by atoms with Crippen LogP contribution in [0.15, 0.2) is 42.9 Å². The highest BCUT2D eigenvalue weighted by Crippen LogP contribution is 2.35. The van der Waals surface area contributed by atoms with Gasteiger partial charge < -0.3 is 4.90 Å². The summed E-state index contributed by atoms with van der Waals surface area (Å²) in [5, 5.41) is 0. The van der Waals surface area contributed by atoms with Crippen molar-refractivity contribution in [2.24, 2.45) is 0 Å². The number of alkyl halides is 3. The van der Waals surface area contributed by atoms with Gasteiger partial charge in [0, 0.05) is 56.3 Å². The summed E-state index contributed by atoms with van der Waals surface area (Å²) in [7, 11) is 0. The molecule has 2 saturated heterocycles. The monoisotopic (exact) mass is 627 g/mol. The van der Waals surface area contributed by atoms with Gasteiger partial charge in [0.1, 0.15) is 23.5 Å². The quantitative estimate of drug-likeness (QED) is 0.300. The summed E-state index contributed by atoms with van der Waals surface area (Å²) < 4.78 is 70.1. The highest BCUT2D eigenvalue weighted by Gasteiger charge is 2.42. The van der Waals surface area contributed by atoms with Gasteiger partial charge in [-0.2, -0.15) is 13.2 Å². The van der Waals surface area contributed by atoms with E-state index < -0.39 is 41.2 Å². The van der Waals surface area contributed by atoms with Gasteiger partial charge in [-0.05, 0) is 44.5 Å². The van der Waals surface area contributed by atoms with Gasteiger partial charge in [-0.25, -0.2) is 18.7 Å². The number of hydrogen-bond donors (Lipinski definition) is 0. The molecule has 45 heavy (non-hydrogen) atoms. The van der Waals surface area contributed by atoms with Crippen molar-refractivity contribution >= 4 is 29.1 Å². The zero-order valence-corrected chi connectivity index (χ0v) is 24.6. The smallest absolute Gasteiger partial charge is 0.353 e. The number of pyridine rings is 1. The normalized spacial score (nSPS) is 17.3. The number of piperazine rings is 1. The molecule has 0 N–H and O–H groups in total. The summed E-state index contributed by atoms with van der Waals surface area (Å²) in [6.07, 6.45) is 0.0656. The molecule has 2 amide bonds. The largest absolute Gasteiger partial charge is 0.416 e. The van der Waals surface area contributed by atoms with Gasteiger partial charge in [-0.1, -0.05) is 11.8 Å². The Morgan fingerprint density at radius 2 is 1.80 bits per heavy atom. The van der Waals surface area contributed by atoms with Gasteiger partial charge in [-0.3, -0.25) is 29.3 Å². The SMILES string of the molecule is Cc1cc(C(F)(F)F)cc(N2C(=O)CC[C@H]2C(=O)N(CC#CCN2CCN(c3cnccn3)CC2)c2ccc(F)c(C)c2F)n1. The van der Waals surface area contributed by atoms with Crippen LogP contribution in [-0.2, 0) is 15.8 Å². The number of benzene rings is 1. The van der Waals surface area contributed by atoms with Crippen molar-refractivity contribution < 1.29 is 31.5 Å².